The van der Waals surface area contributed by atoms with Crippen molar-refractivity contribution < 1.29 is 0 Å². The molecule has 3 aromatic rings. The lowest BCUT2D eigenvalue weighted by Crippen LogP contribution is -2.13. The van der Waals surface area contributed by atoms with Crippen molar-refractivity contribution in [2.45, 2.75) is 20.0 Å². The molecule has 0 amide bonds. The van der Waals surface area contributed by atoms with Gasteiger partial charge in [0.05, 0.1) is 5.69 Å². The molecule has 0 aliphatic heterocycles. The molecule has 1 N–H and O–H groups in total. The van der Waals surface area contributed by atoms with Crippen molar-refractivity contribution in [3.63, 3.8) is 0 Å². The molecule has 0 unspecified atom stereocenters. The SMILES string of the molecule is Cc1ccccc1CNCc1ccc(-n2cccn2)cc1. The van der Waals surface area contributed by atoms with E-state index < -0.39 is 0 Å². The predicted octanol–water partition coefficient (Wildman–Crippen LogP) is 3.47. The van der Waals surface area contributed by atoms with Gasteiger partial charge in [0.2, 0.25) is 0 Å². The number of aryl methyl sites for hydroxylation is 1. The molecule has 0 bridgehead atoms. The van der Waals surface area contributed by atoms with Crippen LogP contribution in [-0.4, -0.2) is 9.78 Å². The zero-order chi connectivity index (χ0) is 14.5. The lowest BCUT2D eigenvalue weighted by molar-refractivity contribution is 0.690. The molecule has 0 radical (unpaired) electrons. The van der Waals surface area contributed by atoms with E-state index in [9.17, 15) is 0 Å². The molecule has 1 heterocycles. The molecule has 3 heteroatoms. The molecule has 0 saturated carbocycles. The largest absolute Gasteiger partial charge is 0.309 e. The minimum Gasteiger partial charge on any atom is -0.309 e. The third-order valence-electron chi connectivity index (χ3n) is 3.61. The highest BCUT2D eigenvalue weighted by Crippen LogP contribution is 2.10. The highest BCUT2D eigenvalue weighted by Gasteiger charge is 1.99. The van der Waals surface area contributed by atoms with E-state index in [0.717, 1.165) is 18.8 Å². The number of nitrogens with zero attached hydrogens (tertiary/aromatic N) is 2. The molecule has 21 heavy (non-hydrogen) atoms. The molecular weight excluding hydrogens is 258 g/mol. The van der Waals surface area contributed by atoms with E-state index in [1.54, 1.807) is 6.20 Å². The average molecular weight is 277 g/mol. The highest BCUT2D eigenvalue weighted by atomic mass is 15.3. The first-order chi connectivity index (χ1) is 10.3. The number of nitrogens with one attached hydrogen (secondary N) is 1. The summed E-state index contributed by atoms with van der Waals surface area (Å²) >= 11 is 0. The van der Waals surface area contributed by atoms with Gasteiger partial charge in [0.15, 0.2) is 0 Å². The minimum atomic E-state index is 0.869. The standard InChI is InChI=1S/C18H19N3/c1-15-5-2-3-6-17(15)14-19-13-16-7-9-18(10-8-16)21-12-4-11-20-21/h2-12,19H,13-14H2,1H3. The van der Waals surface area contributed by atoms with Crippen molar-refractivity contribution in [3.8, 4) is 5.69 Å². The van der Waals surface area contributed by atoms with Gasteiger partial charge >= 0.3 is 0 Å². The van der Waals surface area contributed by atoms with Gasteiger partial charge in [-0.1, -0.05) is 36.4 Å². The van der Waals surface area contributed by atoms with E-state index in [1.807, 2.05) is 16.9 Å². The predicted molar refractivity (Wildman–Crippen MR) is 85.3 cm³/mol. The van der Waals surface area contributed by atoms with Gasteiger partial charge in [0.1, 0.15) is 0 Å². The molecule has 0 fully saturated rings. The van der Waals surface area contributed by atoms with Crippen molar-refractivity contribution in [2.75, 3.05) is 0 Å². The second-order valence-electron chi connectivity index (χ2n) is 5.15. The summed E-state index contributed by atoms with van der Waals surface area (Å²) in [7, 11) is 0. The van der Waals surface area contributed by atoms with Gasteiger partial charge in [-0.15, -0.1) is 0 Å². The molecule has 3 nitrogen and oxygen atoms in total. The maximum Gasteiger partial charge on any atom is 0.0645 e. The minimum absolute atomic E-state index is 0.869. The van der Waals surface area contributed by atoms with Crippen LogP contribution >= 0.6 is 0 Å². The van der Waals surface area contributed by atoms with Gasteiger partial charge in [0.25, 0.3) is 0 Å². The van der Waals surface area contributed by atoms with Crippen molar-refractivity contribution >= 4 is 0 Å². The van der Waals surface area contributed by atoms with Crippen molar-refractivity contribution in [2.24, 2.45) is 0 Å². The lowest BCUT2D eigenvalue weighted by atomic mass is 10.1. The topological polar surface area (TPSA) is 29.9 Å². The Balaban J connectivity index is 1.58. The second-order valence-corrected chi connectivity index (χ2v) is 5.15. The number of hydrogen-bond donors (Lipinski definition) is 1. The van der Waals surface area contributed by atoms with Crippen LogP contribution in [0.1, 0.15) is 16.7 Å². The highest BCUT2D eigenvalue weighted by molar-refractivity contribution is 5.33. The fourth-order valence-corrected chi connectivity index (χ4v) is 2.34. The second kappa shape index (κ2) is 6.37. The maximum absolute atomic E-state index is 4.23. The van der Waals surface area contributed by atoms with Gasteiger partial charge in [-0.05, 0) is 41.8 Å². The van der Waals surface area contributed by atoms with Crippen LogP contribution in [-0.2, 0) is 13.1 Å². The summed E-state index contributed by atoms with van der Waals surface area (Å²) in [4.78, 5) is 0. The van der Waals surface area contributed by atoms with Gasteiger partial charge in [-0.3, -0.25) is 0 Å². The first kappa shape index (κ1) is 13.6. The Bertz CT molecular complexity index is 685. The molecule has 0 saturated heterocycles. The Kier molecular flexibility index (Phi) is 4.12. The van der Waals surface area contributed by atoms with Crippen LogP contribution < -0.4 is 5.32 Å². The van der Waals surface area contributed by atoms with Crippen molar-refractivity contribution in [3.05, 3.63) is 83.7 Å². The van der Waals surface area contributed by atoms with Crippen LogP contribution in [0.15, 0.2) is 67.0 Å². The first-order valence-corrected chi connectivity index (χ1v) is 7.17. The van der Waals surface area contributed by atoms with Crippen LogP contribution in [0, 0.1) is 6.92 Å². The van der Waals surface area contributed by atoms with E-state index in [2.05, 4.69) is 65.9 Å². The Hall–Kier alpha value is -2.39. The number of rotatable bonds is 5. The summed E-state index contributed by atoms with van der Waals surface area (Å²) in [5, 5.41) is 7.72. The van der Waals surface area contributed by atoms with E-state index >= 15 is 0 Å². The van der Waals surface area contributed by atoms with E-state index in [-0.39, 0.29) is 0 Å². The Morgan fingerprint density at radius 2 is 1.76 bits per heavy atom. The molecule has 0 spiro atoms. The fourth-order valence-electron chi connectivity index (χ4n) is 2.34. The van der Waals surface area contributed by atoms with E-state index in [4.69, 9.17) is 0 Å². The Morgan fingerprint density at radius 3 is 2.48 bits per heavy atom. The molecule has 2 aromatic carbocycles. The van der Waals surface area contributed by atoms with E-state index in [1.165, 1.54) is 16.7 Å². The summed E-state index contributed by atoms with van der Waals surface area (Å²) in [5.41, 5.74) is 5.05. The quantitative estimate of drug-likeness (QED) is 0.774. The van der Waals surface area contributed by atoms with Crippen LogP contribution in [0.5, 0.6) is 0 Å². The first-order valence-electron chi connectivity index (χ1n) is 7.17. The number of benzene rings is 2. The molecular formula is C18H19N3. The molecule has 1 aromatic heterocycles. The Labute approximate surface area is 125 Å². The average Bonchev–Trinajstić information content (AvgIpc) is 3.04. The third kappa shape index (κ3) is 3.38. The fraction of sp³-hybridized carbons (Fsp3) is 0.167. The molecule has 3 rings (SSSR count). The summed E-state index contributed by atoms with van der Waals surface area (Å²) in [6.45, 7) is 3.91. The lowest BCUT2D eigenvalue weighted by Gasteiger charge is -2.08. The van der Waals surface area contributed by atoms with Gasteiger partial charge < -0.3 is 5.32 Å². The summed E-state index contributed by atoms with van der Waals surface area (Å²) in [6, 6.07) is 18.9. The van der Waals surface area contributed by atoms with Crippen LogP contribution in [0.2, 0.25) is 0 Å². The van der Waals surface area contributed by atoms with Gasteiger partial charge in [-0.25, -0.2) is 4.68 Å². The summed E-state index contributed by atoms with van der Waals surface area (Å²) in [6.07, 6.45) is 3.74. The van der Waals surface area contributed by atoms with E-state index in [0.29, 0.717) is 0 Å². The normalized spacial score (nSPS) is 10.7. The Morgan fingerprint density at radius 1 is 0.952 bits per heavy atom. The maximum atomic E-state index is 4.23. The van der Waals surface area contributed by atoms with Crippen LogP contribution in [0.3, 0.4) is 0 Å². The zero-order valence-electron chi connectivity index (χ0n) is 12.2. The summed E-state index contributed by atoms with van der Waals surface area (Å²) in [5.74, 6) is 0. The van der Waals surface area contributed by atoms with Crippen molar-refractivity contribution in [1.29, 1.82) is 0 Å². The molecule has 0 atom stereocenters. The van der Waals surface area contributed by atoms with Crippen molar-refractivity contribution in [1.82, 2.24) is 15.1 Å². The van der Waals surface area contributed by atoms with Crippen LogP contribution in [0.25, 0.3) is 5.69 Å². The zero-order valence-corrected chi connectivity index (χ0v) is 12.2. The molecule has 0 aliphatic carbocycles. The van der Waals surface area contributed by atoms with Gasteiger partial charge in [-0.2, -0.15) is 5.10 Å². The number of aromatic nitrogens is 2. The van der Waals surface area contributed by atoms with Crippen LogP contribution in [0.4, 0.5) is 0 Å². The monoisotopic (exact) mass is 277 g/mol. The number of hydrogen-bond acceptors (Lipinski definition) is 2. The summed E-state index contributed by atoms with van der Waals surface area (Å²) < 4.78 is 1.87. The third-order valence-corrected chi connectivity index (χ3v) is 3.61. The van der Waals surface area contributed by atoms with Gasteiger partial charge in [0, 0.05) is 25.5 Å². The molecule has 0 aliphatic rings. The smallest absolute Gasteiger partial charge is 0.0645 e. The molecule has 106 valence electrons.